The maximum atomic E-state index is 13.1. The van der Waals surface area contributed by atoms with E-state index in [0.29, 0.717) is 13.1 Å². The summed E-state index contributed by atoms with van der Waals surface area (Å²) < 4.78 is 2.16. The quantitative estimate of drug-likeness (QED) is 0.599. The van der Waals surface area contributed by atoms with Crippen LogP contribution in [0.4, 0.5) is 0 Å². The van der Waals surface area contributed by atoms with Gasteiger partial charge in [-0.3, -0.25) is 4.79 Å². The fraction of sp³-hybridized carbons (Fsp3) is 0.227. The molecule has 128 valence electrons. The zero-order valence-electron chi connectivity index (χ0n) is 14.9. The lowest BCUT2D eigenvalue weighted by Crippen LogP contribution is -2.32. The molecule has 1 amide bonds. The first-order valence-corrected chi connectivity index (χ1v) is 8.65. The van der Waals surface area contributed by atoms with Gasteiger partial charge in [0.05, 0.1) is 5.56 Å². The molecule has 1 heterocycles. The number of carbonyl (C=O) groups excluding carboxylic acids is 1. The molecule has 1 aromatic heterocycles. The van der Waals surface area contributed by atoms with Crippen LogP contribution in [0.3, 0.4) is 0 Å². The molecule has 3 nitrogen and oxygen atoms in total. The second-order valence-corrected chi connectivity index (χ2v) is 6.45. The van der Waals surface area contributed by atoms with Gasteiger partial charge >= 0.3 is 0 Å². The topological polar surface area (TPSA) is 25.2 Å². The number of hydrogen-bond donors (Lipinski definition) is 0. The van der Waals surface area contributed by atoms with Crippen molar-refractivity contribution in [3.05, 3.63) is 84.1 Å². The lowest BCUT2D eigenvalue weighted by Gasteiger charge is -2.20. The summed E-state index contributed by atoms with van der Waals surface area (Å²) in [6.45, 7) is 9.91. The first-order valence-electron chi connectivity index (χ1n) is 8.65. The zero-order valence-corrected chi connectivity index (χ0v) is 14.9. The number of aromatic nitrogens is 1. The van der Waals surface area contributed by atoms with E-state index in [4.69, 9.17) is 0 Å². The molecule has 0 saturated heterocycles. The number of rotatable bonds is 6. The van der Waals surface area contributed by atoms with Gasteiger partial charge < -0.3 is 9.47 Å². The van der Waals surface area contributed by atoms with Crippen LogP contribution in [0.1, 0.15) is 29.8 Å². The van der Waals surface area contributed by atoms with Crippen molar-refractivity contribution in [1.82, 2.24) is 9.47 Å². The smallest absolute Gasteiger partial charge is 0.256 e. The van der Waals surface area contributed by atoms with Gasteiger partial charge in [0.25, 0.3) is 5.91 Å². The number of para-hydroxylation sites is 1. The highest BCUT2D eigenvalue weighted by atomic mass is 16.2. The van der Waals surface area contributed by atoms with E-state index in [1.165, 1.54) is 5.56 Å². The van der Waals surface area contributed by atoms with Crippen LogP contribution in [0.5, 0.6) is 0 Å². The molecule has 0 unspecified atom stereocenters. The van der Waals surface area contributed by atoms with Crippen molar-refractivity contribution in [3.8, 4) is 0 Å². The fourth-order valence-electron chi connectivity index (χ4n) is 3.15. The molecule has 0 saturated carbocycles. The summed E-state index contributed by atoms with van der Waals surface area (Å²) in [4.78, 5) is 14.9. The Balaban J connectivity index is 2.01. The molecule has 0 bridgehead atoms. The van der Waals surface area contributed by atoms with Gasteiger partial charge in [-0.25, -0.2) is 0 Å². The van der Waals surface area contributed by atoms with Crippen LogP contribution in [-0.2, 0) is 6.54 Å². The predicted octanol–water partition coefficient (Wildman–Crippen LogP) is 4.73. The molecule has 0 aliphatic rings. The Morgan fingerprint density at radius 2 is 1.76 bits per heavy atom. The lowest BCUT2D eigenvalue weighted by atomic mass is 10.1. The summed E-state index contributed by atoms with van der Waals surface area (Å²) in [7, 11) is 0. The van der Waals surface area contributed by atoms with Crippen molar-refractivity contribution < 1.29 is 4.79 Å². The first-order chi connectivity index (χ1) is 12.1. The fourth-order valence-corrected chi connectivity index (χ4v) is 3.15. The zero-order chi connectivity index (χ0) is 17.8. The molecule has 0 spiro atoms. The van der Waals surface area contributed by atoms with Gasteiger partial charge in [0.1, 0.15) is 0 Å². The third-order valence-electron chi connectivity index (χ3n) is 4.34. The highest BCUT2D eigenvalue weighted by molar-refractivity contribution is 6.07. The third kappa shape index (κ3) is 3.66. The van der Waals surface area contributed by atoms with Gasteiger partial charge in [0.15, 0.2) is 0 Å². The molecular formula is C22H24N2O. The van der Waals surface area contributed by atoms with Crippen molar-refractivity contribution in [3.63, 3.8) is 0 Å². The van der Waals surface area contributed by atoms with Gasteiger partial charge in [-0.2, -0.15) is 0 Å². The Morgan fingerprint density at radius 3 is 2.44 bits per heavy atom. The summed E-state index contributed by atoms with van der Waals surface area (Å²) in [5.74, 6) is 0.0634. The maximum absolute atomic E-state index is 13.1. The number of hydrogen-bond acceptors (Lipinski definition) is 1. The molecule has 0 N–H and O–H groups in total. The van der Waals surface area contributed by atoms with E-state index in [0.717, 1.165) is 28.6 Å². The normalized spacial score (nSPS) is 10.8. The summed E-state index contributed by atoms with van der Waals surface area (Å²) >= 11 is 0. The van der Waals surface area contributed by atoms with E-state index in [2.05, 4.69) is 29.3 Å². The van der Waals surface area contributed by atoms with E-state index in [-0.39, 0.29) is 5.91 Å². The summed E-state index contributed by atoms with van der Waals surface area (Å²) in [5, 5.41) is 1.00. The average molecular weight is 332 g/mol. The van der Waals surface area contributed by atoms with Crippen LogP contribution in [0, 0.1) is 0 Å². The van der Waals surface area contributed by atoms with E-state index < -0.39 is 0 Å². The SMILES string of the molecule is C=C(C)CN(CC)C(=O)c1cn(Cc2ccccc2)c2ccccc12. The standard InChI is InChI=1S/C22H24N2O/c1-4-23(14-17(2)3)22(25)20-16-24(15-18-10-6-5-7-11-18)21-13-9-8-12-19(20)21/h5-13,16H,2,4,14-15H2,1,3H3. The molecule has 3 aromatic rings. The maximum Gasteiger partial charge on any atom is 0.256 e. The second-order valence-electron chi connectivity index (χ2n) is 6.45. The molecule has 0 radical (unpaired) electrons. The first kappa shape index (κ1) is 17.0. The Kier molecular flexibility index (Phi) is 5.03. The number of likely N-dealkylation sites (N-methyl/N-ethyl adjacent to an activating group) is 1. The van der Waals surface area contributed by atoms with E-state index in [1.807, 2.05) is 61.3 Å². The van der Waals surface area contributed by atoms with Crippen molar-refractivity contribution in [1.29, 1.82) is 0 Å². The van der Waals surface area contributed by atoms with Crippen molar-refractivity contribution in [2.24, 2.45) is 0 Å². The van der Waals surface area contributed by atoms with Gasteiger partial charge in [-0.1, -0.05) is 60.7 Å². The molecule has 0 atom stereocenters. The highest BCUT2D eigenvalue weighted by Gasteiger charge is 2.19. The number of amides is 1. The molecule has 3 heteroatoms. The number of carbonyl (C=O) groups is 1. The monoisotopic (exact) mass is 332 g/mol. The molecule has 0 fully saturated rings. The van der Waals surface area contributed by atoms with Gasteiger partial charge in [0, 0.05) is 36.7 Å². The summed E-state index contributed by atoms with van der Waals surface area (Å²) in [5.41, 5.74) is 4.05. The molecule has 25 heavy (non-hydrogen) atoms. The summed E-state index contributed by atoms with van der Waals surface area (Å²) in [6, 6.07) is 18.4. The van der Waals surface area contributed by atoms with Crippen LogP contribution < -0.4 is 0 Å². The molecule has 0 aliphatic carbocycles. The lowest BCUT2D eigenvalue weighted by molar-refractivity contribution is 0.0780. The van der Waals surface area contributed by atoms with Gasteiger partial charge in [0.2, 0.25) is 0 Å². The van der Waals surface area contributed by atoms with Crippen molar-refractivity contribution >= 4 is 16.8 Å². The van der Waals surface area contributed by atoms with Crippen LogP contribution >= 0.6 is 0 Å². The number of fused-ring (bicyclic) bond motifs is 1. The van der Waals surface area contributed by atoms with Gasteiger partial charge in [-0.05, 0) is 25.5 Å². The Hall–Kier alpha value is -2.81. The molecule has 2 aromatic carbocycles. The minimum absolute atomic E-state index is 0.0634. The largest absolute Gasteiger partial charge is 0.342 e. The Labute approximate surface area is 149 Å². The molecule has 3 rings (SSSR count). The Morgan fingerprint density at radius 1 is 1.08 bits per heavy atom. The van der Waals surface area contributed by atoms with E-state index in [9.17, 15) is 4.79 Å². The minimum Gasteiger partial charge on any atom is -0.342 e. The number of benzene rings is 2. The molecular weight excluding hydrogens is 308 g/mol. The second kappa shape index (κ2) is 7.39. The van der Waals surface area contributed by atoms with Crippen molar-refractivity contribution in [2.45, 2.75) is 20.4 Å². The van der Waals surface area contributed by atoms with E-state index >= 15 is 0 Å². The van der Waals surface area contributed by atoms with Crippen LogP contribution in [-0.4, -0.2) is 28.5 Å². The molecule has 0 aliphatic heterocycles. The predicted molar refractivity (Wildman–Crippen MR) is 104 cm³/mol. The van der Waals surface area contributed by atoms with Gasteiger partial charge in [-0.15, -0.1) is 0 Å². The van der Waals surface area contributed by atoms with Crippen LogP contribution in [0.15, 0.2) is 72.9 Å². The highest BCUT2D eigenvalue weighted by Crippen LogP contribution is 2.24. The van der Waals surface area contributed by atoms with Crippen molar-refractivity contribution in [2.75, 3.05) is 13.1 Å². The summed E-state index contributed by atoms with van der Waals surface area (Å²) in [6.07, 6.45) is 1.99. The van der Waals surface area contributed by atoms with Crippen LogP contribution in [0.2, 0.25) is 0 Å². The average Bonchev–Trinajstić information content (AvgIpc) is 2.98. The van der Waals surface area contributed by atoms with Crippen LogP contribution in [0.25, 0.3) is 10.9 Å². The minimum atomic E-state index is 0.0634. The number of nitrogens with zero attached hydrogens (tertiary/aromatic N) is 2. The van der Waals surface area contributed by atoms with E-state index in [1.54, 1.807) is 0 Å². The third-order valence-corrected chi connectivity index (χ3v) is 4.34. The Bertz CT molecular complexity index is 893.